The first-order valence-electron chi connectivity index (χ1n) is 8.05. The van der Waals surface area contributed by atoms with E-state index in [-0.39, 0.29) is 11.2 Å². The van der Waals surface area contributed by atoms with Gasteiger partial charge in [-0.3, -0.25) is 4.98 Å². The number of amides is 2. The molecule has 7 heteroatoms. The maximum atomic E-state index is 13.7. The van der Waals surface area contributed by atoms with Crippen LogP contribution in [0, 0.1) is 5.13 Å². The number of pyridine rings is 1. The van der Waals surface area contributed by atoms with Crippen LogP contribution in [0.1, 0.15) is 23.3 Å². The molecule has 1 spiro atoms. The van der Waals surface area contributed by atoms with Crippen LogP contribution in [0.15, 0.2) is 30.6 Å². The second-order valence-electron chi connectivity index (χ2n) is 6.16. The van der Waals surface area contributed by atoms with Crippen LogP contribution in [0.4, 0.5) is 14.9 Å². The molecule has 0 bridgehead atoms. The quantitative estimate of drug-likeness (QED) is 0.860. The number of urea groups is 1. The van der Waals surface area contributed by atoms with Crippen molar-refractivity contribution in [2.75, 3.05) is 25.0 Å². The summed E-state index contributed by atoms with van der Waals surface area (Å²) >= 11 is 1.19. The number of piperidine rings is 1. The van der Waals surface area contributed by atoms with Crippen molar-refractivity contribution in [2.45, 2.75) is 24.9 Å². The summed E-state index contributed by atoms with van der Waals surface area (Å²) in [5, 5.41) is 2.70. The molecule has 0 unspecified atom stereocenters. The fourth-order valence-electron chi connectivity index (χ4n) is 3.47. The summed E-state index contributed by atoms with van der Waals surface area (Å²) in [6.45, 7) is 1.79. The third-order valence-electron chi connectivity index (χ3n) is 4.71. The van der Waals surface area contributed by atoms with Gasteiger partial charge in [0.05, 0.1) is 18.5 Å². The van der Waals surface area contributed by atoms with Crippen LogP contribution in [-0.2, 0) is 16.8 Å². The number of nitrogens with one attached hydrogen (secondary N) is 1. The monoisotopic (exact) mass is 347 g/mol. The summed E-state index contributed by atoms with van der Waals surface area (Å²) in [6.07, 6.45) is 5.44. The minimum absolute atomic E-state index is 0.133. The Morgan fingerprint density at radius 3 is 3.00 bits per heavy atom. The van der Waals surface area contributed by atoms with Gasteiger partial charge < -0.3 is 15.0 Å². The molecule has 0 saturated carbocycles. The Balaban J connectivity index is 1.45. The fourth-order valence-corrected chi connectivity index (χ4v) is 4.61. The summed E-state index contributed by atoms with van der Waals surface area (Å²) in [7, 11) is 0. The second-order valence-corrected chi connectivity index (χ2v) is 7.16. The van der Waals surface area contributed by atoms with Crippen LogP contribution in [0.2, 0.25) is 0 Å². The zero-order valence-corrected chi connectivity index (χ0v) is 13.9. The molecular formula is C17H18FN3O2S. The molecule has 0 radical (unpaired) electrons. The molecule has 2 aliphatic rings. The van der Waals surface area contributed by atoms with Crippen LogP contribution >= 0.6 is 11.3 Å². The van der Waals surface area contributed by atoms with Crippen molar-refractivity contribution in [1.29, 1.82) is 0 Å². The highest BCUT2D eigenvalue weighted by Crippen LogP contribution is 2.45. The van der Waals surface area contributed by atoms with Gasteiger partial charge in [-0.05, 0) is 43.0 Å². The smallest absolute Gasteiger partial charge is 0.321 e. The molecule has 4 rings (SSSR count). The minimum atomic E-state index is -0.423. The molecule has 0 aliphatic carbocycles. The summed E-state index contributed by atoms with van der Waals surface area (Å²) < 4.78 is 19.7. The van der Waals surface area contributed by atoms with E-state index >= 15 is 0 Å². The zero-order chi connectivity index (χ0) is 16.6. The molecule has 2 aromatic rings. The number of nitrogens with zero attached hydrogens (tertiary/aromatic N) is 2. The van der Waals surface area contributed by atoms with Crippen LogP contribution in [0.3, 0.4) is 0 Å². The van der Waals surface area contributed by atoms with Gasteiger partial charge in [0.2, 0.25) is 0 Å². The Labute approximate surface area is 143 Å². The highest BCUT2D eigenvalue weighted by Gasteiger charge is 2.43. The second kappa shape index (κ2) is 6.14. The van der Waals surface area contributed by atoms with Gasteiger partial charge in [0.15, 0.2) is 5.13 Å². The number of hydrogen-bond donors (Lipinski definition) is 1. The first-order chi connectivity index (χ1) is 11.7. The number of rotatable bonds is 1. The van der Waals surface area contributed by atoms with Crippen molar-refractivity contribution < 1.29 is 13.9 Å². The Morgan fingerprint density at radius 2 is 2.25 bits per heavy atom. The van der Waals surface area contributed by atoms with E-state index in [0.717, 1.165) is 16.9 Å². The van der Waals surface area contributed by atoms with Crippen LogP contribution in [0.25, 0.3) is 0 Å². The summed E-state index contributed by atoms with van der Waals surface area (Å²) in [4.78, 5) is 19.2. The van der Waals surface area contributed by atoms with Crippen LogP contribution < -0.4 is 5.32 Å². The lowest BCUT2D eigenvalue weighted by Crippen LogP contribution is -2.49. The Hall–Kier alpha value is -1.99. The number of halogens is 1. The molecule has 0 atom stereocenters. The predicted molar refractivity (Wildman–Crippen MR) is 89.7 cm³/mol. The molecule has 1 N–H and O–H groups in total. The SMILES string of the molecule is O=C(Nc1cccnc1)N1CCC2(CC1)OCCc1cc(F)sc12. The van der Waals surface area contributed by atoms with E-state index in [4.69, 9.17) is 4.74 Å². The molecule has 2 aromatic heterocycles. The van der Waals surface area contributed by atoms with Gasteiger partial charge in [-0.2, -0.15) is 4.39 Å². The van der Waals surface area contributed by atoms with E-state index in [9.17, 15) is 9.18 Å². The molecule has 1 fully saturated rings. The standard InChI is InChI=1S/C17H18FN3O2S/c18-14-10-12-3-9-23-17(15(12)24-14)4-7-21(8-5-17)16(22)20-13-2-1-6-19-11-13/h1-2,6,10-11H,3-5,7-9H2,(H,20,22). The lowest BCUT2D eigenvalue weighted by atomic mass is 9.85. The van der Waals surface area contributed by atoms with Crippen molar-refractivity contribution in [3.05, 3.63) is 46.2 Å². The number of carbonyl (C=O) groups is 1. The molecular weight excluding hydrogens is 329 g/mol. The maximum Gasteiger partial charge on any atom is 0.321 e. The van der Waals surface area contributed by atoms with Gasteiger partial charge >= 0.3 is 6.03 Å². The number of thiophene rings is 1. The molecule has 2 amide bonds. The van der Waals surface area contributed by atoms with Gasteiger partial charge in [0.1, 0.15) is 5.60 Å². The Morgan fingerprint density at radius 1 is 1.42 bits per heavy atom. The van der Waals surface area contributed by atoms with Gasteiger partial charge in [-0.1, -0.05) is 0 Å². The maximum absolute atomic E-state index is 13.7. The molecule has 0 aromatic carbocycles. The molecule has 5 nitrogen and oxygen atoms in total. The van der Waals surface area contributed by atoms with E-state index in [1.54, 1.807) is 35.5 Å². The van der Waals surface area contributed by atoms with Crippen LogP contribution in [0.5, 0.6) is 0 Å². The fraction of sp³-hybridized carbons (Fsp3) is 0.412. The average Bonchev–Trinajstić information content (AvgIpc) is 2.99. The number of ether oxygens (including phenoxy) is 1. The van der Waals surface area contributed by atoms with E-state index in [1.807, 2.05) is 0 Å². The molecule has 2 aliphatic heterocycles. The lowest BCUT2D eigenvalue weighted by Gasteiger charge is -2.43. The van der Waals surface area contributed by atoms with E-state index in [1.165, 1.54) is 11.3 Å². The normalized spacial score (nSPS) is 19.1. The first kappa shape index (κ1) is 15.5. The van der Waals surface area contributed by atoms with Gasteiger partial charge in [0.25, 0.3) is 0 Å². The average molecular weight is 347 g/mol. The van der Waals surface area contributed by atoms with E-state index in [0.29, 0.717) is 38.2 Å². The van der Waals surface area contributed by atoms with Gasteiger partial charge in [-0.15, -0.1) is 11.3 Å². The largest absolute Gasteiger partial charge is 0.369 e. The Bertz CT molecular complexity index is 742. The Kier molecular flexibility index (Phi) is 3.97. The minimum Gasteiger partial charge on any atom is -0.369 e. The number of likely N-dealkylation sites (tertiary alicyclic amines) is 1. The van der Waals surface area contributed by atoms with Gasteiger partial charge in [0, 0.05) is 24.2 Å². The molecule has 1 saturated heterocycles. The van der Waals surface area contributed by atoms with Gasteiger partial charge in [-0.25, -0.2) is 4.79 Å². The highest BCUT2D eigenvalue weighted by atomic mass is 32.1. The number of anilines is 1. The van der Waals surface area contributed by atoms with Crippen molar-refractivity contribution in [3.63, 3.8) is 0 Å². The summed E-state index contributed by atoms with van der Waals surface area (Å²) in [6, 6.07) is 5.09. The van der Waals surface area contributed by atoms with E-state index < -0.39 is 5.60 Å². The van der Waals surface area contributed by atoms with Crippen molar-refractivity contribution in [1.82, 2.24) is 9.88 Å². The molecule has 126 valence electrons. The molecule has 4 heterocycles. The van der Waals surface area contributed by atoms with E-state index in [2.05, 4.69) is 10.3 Å². The predicted octanol–water partition coefficient (Wildman–Crippen LogP) is 3.38. The number of aromatic nitrogens is 1. The van der Waals surface area contributed by atoms with Crippen LogP contribution in [-0.4, -0.2) is 35.6 Å². The highest BCUT2D eigenvalue weighted by molar-refractivity contribution is 7.10. The summed E-state index contributed by atoms with van der Waals surface area (Å²) in [5.74, 6) is 0. The van der Waals surface area contributed by atoms with Crippen molar-refractivity contribution >= 4 is 23.1 Å². The zero-order valence-electron chi connectivity index (χ0n) is 13.1. The lowest BCUT2D eigenvalue weighted by molar-refractivity contribution is -0.0891. The van der Waals surface area contributed by atoms with Crippen molar-refractivity contribution in [3.8, 4) is 0 Å². The molecule has 24 heavy (non-hydrogen) atoms. The number of fused-ring (bicyclic) bond motifs is 2. The third-order valence-corrected chi connectivity index (χ3v) is 5.86. The van der Waals surface area contributed by atoms with Crippen molar-refractivity contribution in [2.24, 2.45) is 0 Å². The number of carbonyl (C=O) groups excluding carboxylic acids is 1. The number of hydrogen-bond acceptors (Lipinski definition) is 4. The summed E-state index contributed by atoms with van der Waals surface area (Å²) in [5.41, 5.74) is 1.32. The third kappa shape index (κ3) is 2.78. The topological polar surface area (TPSA) is 54.5 Å². The first-order valence-corrected chi connectivity index (χ1v) is 8.87.